The average Bonchev–Trinajstić information content (AvgIpc) is 3.40. The molecule has 2 aromatic heterocycles. The number of rotatable bonds is 7. The van der Waals surface area contributed by atoms with Gasteiger partial charge in [0.1, 0.15) is 17.9 Å². The number of nitro benzene ring substituents is 1. The number of fused-ring (bicyclic) bond motifs is 2. The van der Waals surface area contributed by atoms with E-state index in [0.29, 0.717) is 38.0 Å². The number of ether oxygens (including phenoxy) is 1. The van der Waals surface area contributed by atoms with Crippen LogP contribution in [0.3, 0.4) is 0 Å². The van der Waals surface area contributed by atoms with E-state index in [1.54, 1.807) is 54.6 Å². The van der Waals surface area contributed by atoms with Gasteiger partial charge in [-0.1, -0.05) is 57.3 Å². The van der Waals surface area contributed by atoms with E-state index in [1.165, 1.54) is 24.4 Å². The summed E-state index contributed by atoms with van der Waals surface area (Å²) in [5.41, 5.74) is 1.44. The molecule has 0 radical (unpaired) electrons. The predicted molar refractivity (Wildman–Crippen MR) is 166 cm³/mol. The van der Waals surface area contributed by atoms with Gasteiger partial charge < -0.3 is 9.15 Å². The van der Waals surface area contributed by atoms with Crippen LogP contribution in [0.1, 0.15) is 11.1 Å². The maximum atomic E-state index is 13.6. The number of non-ortho nitro benzene ring substituents is 1. The van der Waals surface area contributed by atoms with E-state index < -0.39 is 10.5 Å². The Hall–Kier alpha value is -4.51. The lowest BCUT2D eigenvalue weighted by atomic mass is 10.2. The molecule has 0 aliphatic carbocycles. The fraction of sp³-hybridized carbons (Fsp3) is 0.0333. The molecule has 42 heavy (non-hydrogen) atoms. The molecule has 0 amide bonds. The molecule has 0 bridgehead atoms. The van der Waals surface area contributed by atoms with Gasteiger partial charge in [-0.25, -0.2) is 4.98 Å². The molecule has 0 aliphatic rings. The third-order valence-electron chi connectivity index (χ3n) is 6.35. The van der Waals surface area contributed by atoms with Crippen molar-refractivity contribution < 1.29 is 14.1 Å². The third-order valence-corrected chi connectivity index (χ3v) is 7.58. The summed E-state index contributed by atoms with van der Waals surface area (Å²) < 4.78 is 14.0. The van der Waals surface area contributed by atoms with Gasteiger partial charge in [-0.2, -0.15) is 9.78 Å². The van der Waals surface area contributed by atoms with Crippen LogP contribution in [0.25, 0.3) is 33.5 Å². The summed E-state index contributed by atoms with van der Waals surface area (Å²) in [5, 5.41) is 17.9. The molecule has 12 heteroatoms. The van der Waals surface area contributed by atoms with Crippen molar-refractivity contribution in [2.45, 2.75) is 6.61 Å². The van der Waals surface area contributed by atoms with Gasteiger partial charge in [0.2, 0.25) is 5.82 Å². The Labute approximate surface area is 255 Å². The molecular weight excluding hydrogens is 647 g/mol. The van der Waals surface area contributed by atoms with Crippen molar-refractivity contribution in [2.24, 2.45) is 5.10 Å². The zero-order valence-electron chi connectivity index (χ0n) is 21.3. The molecule has 208 valence electrons. The smallest absolute Gasteiger partial charge is 0.282 e. The number of nitro groups is 1. The minimum absolute atomic E-state index is 0.104. The molecule has 0 atom stereocenters. The van der Waals surface area contributed by atoms with E-state index in [4.69, 9.17) is 32.4 Å². The summed E-state index contributed by atoms with van der Waals surface area (Å²) in [7, 11) is 0. The first-order valence-electron chi connectivity index (χ1n) is 12.4. The Morgan fingerprint density at radius 2 is 1.86 bits per heavy atom. The summed E-state index contributed by atoms with van der Waals surface area (Å²) >= 11 is 15.6. The molecule has 0 saturated heterocycles. The van der Waals surface area contributed by atoms with Crippen molar-refractivity contribution in [1.82, 2.24) is 9.66 Å². The van der Waals surface area contributed by atoms with Gasteiger partial charge in [-0.3, -0.25) is 14.9 Å². The number of furan rings is 1. The Morgan fingerprint density at radius 1 is 1.02 bits per heavy atom. The van der Waals surface area contributed by atoms with Crippen LogP contribution in [-0.4, -0.2) is 20.8 Å². The molecule has 0 fully saturated rings. The van der Waals surface area contributed by atoms with Crippen LogP contribution >= 0.6 is 39.1 Å². The number of benzene rings is 4. The lowest BCUT2D eigenvalue weighted by Crippen LogP contribution is -2.20. The minimum Gasteiger partial charge on any atom is -0.488 e. The van der Waals surface area contributed by atoms with Gasteiger partial charge in [0, 0.05) is 27.6 Å². The van der Waals surface area contributed by atoms with Crippen LogP contribution in [0.2, 0.25) is 10.0 Å². The first-order valence-corrected chi connectivity index (χ1v) is 13.9. The molecule has 6 rings (SSSR count). The average molecular weight is 664 g/mol. The summed E-state index contributed by atoms with van der Waals surface area (Å²) in [6.45, 7) is 0.104. The summed E-state index contributed by atoms with van der Waals surface area (Å²) in [6.07, 6.45) is 1.32. The number of hydrogen-bond acceptors (Lipinski definition) is 7. The number of aromatic nitrogens is 2. The monoisotopic (exact) mass is 662 g/mol. The van der Waals surface area contributed by atoms with Gasteiger partial charge in [0.05, 0.1) is 32.1 Å². The van der Waals surface area contributed by atoms with Gasteiger partial charge in [0.25, 0.3) is 11.2 Å². The molecule has 0 aliphatic heterocycles. The maximum Gasteiger partial charge on any atom is 0.282 e. The largest absolute Gasteiger partial charge is 0.488 e. The van der Waals surface area contributed by atoms with Crippen LogP contribution in [0.15, 0.2) is 104 Å². The number of hydrogen-bond donors (Lipinski definition) is 0. The quantitative estimate of drug-likeness (QED) is 0.0966. The maximum absolute atomic E-state index is 13.6. The first kappa shape index (κ1) is 27.6. The number of halogens is 3. The molecule has 0 spiro atoms. The molecule has 4 aromatic carbocycles. The van der Waals surface area contributed by atoms with Crippen molar-refractivity contribution in [2.75, 3.05) is 0 Å². The summed E-state index contributed by atoms with van der Waals surface area (Å²) in [6, 6.07) is 23.4. The van der Waals surface area contributed by atoms with Crippen LogP contribution in [0.4, 0.5) is 5.69 Å². The lowest BCUT2D eigenvalue weighted by Gasteiger charge is -2.11. The van der Waals surface area contributed by atoms with Crippen molar-refractivity contribution in [3.8, 4) is 17.3 Å². The van der Waals surface area contributed by atoms with Gasteiger partial charge >= 0.3 is 0 Å². The molecule has 9 nitrogen and oxygen atoms in total. The highest BCUT2D eigenvalue weighted by Crippen LogP contribution is 2.30. The van der Waals surface area contributed by atoms with Crippen molar-refractivity contribution in [3.05, 3.63) is 131 Å². The summed E-state index contributed by atoms with van der Waals surface area (Å²) in [4.78, 5) is 29.3. The van der Waals surface area contributed by atoms with Gasteiger partial charge in [0.15, 0.2) is 5.76 Å². The second-order valence-electron chi connectivity index (χ2n) is 9.12. The second kappa shape index (κ2) is 11.4. The van der Waals surface area contributed by atoms with Crippen molar-refractivity contribution in [1.29, 1.82) is 0 Å². The topological polar surface area (TPSA) is 113 Å². The Bertz CT molecular complexity index is 2110. The highest BCUT2D eigenvalue weighted by atomic mass is 79.9. The minimum atomic E-state index is -0.526. The van der Waals surface area contributed by atoms with Crippen molar-refractivity contribution >= 4 is 72.9 Å². The molecule has 2 heterocycles. The first-order chi connectivity index (χ1) is 20.3. The van der Waals surface area contributed by atoms with Crippen LogP contribution in [-0.2, 0) is 6.61 Å². The zero-order chi connectivity index (χ0) is 29.4. The molecule has 0 N–H and O–H groups in total. The van der Waals surface area contributed by atoms with Crippen LogP contribution in [0.5, 0.6) is 5.75 Å². The van der Waals surface area contributed by atoms with E-state index >= 15 is 0 Å². The standard InChI is InChI=1S/C30H17BrCl2N4O5/c31-20-6-9-27-18(12-20)14-28(42-27)29-35-25-4-2-1-3-22(25)30(38)36(29)34-15-19-13-21(37(39)40)7-10-26(19)41-16-17-5-8-23(32)24(33)11-17/h1-15H,16H2. The Morgan fingerprint density at radius 3 is 2.67 bits per heavy atom. The number of nitrogens with zero attached hydrogens (tertiary/aromatic N) is 4. The number of para-hydroxylation sites is 1. The van der Waals surface area contributed by atoms with Gasteiger partial charge in [-0.15, -0.1) is 0 Å². The van der Waals surface area contributed by atoms with Crippen LogP contribution < -0.4 is 10.3 Å². The summed E-state index contributed by atoms with van der Waals surface area (Å²) in [5.74, 6) is 0.775. The van der Waals surface area contributed by atoms with Crippen LogP contribution in [0, 0.1) is 10.1 Å². The fourth-order valence-corrected chi connectivity index (χ4v) is 5.01. The van der Waals surface area contributed by atoms with E-state index in [-0.39, 0.29) is 23.7 Å². The molecular formula is C30H17BrCl2N4O5. The predicted octanol–water partition coefficient (Wildman–Crippen LogP) is 8.25. The SMILES string of the molecule is O=c1c2ccccc2nc(-c2cc3cc(Br)ccc3o2)n1N=Cc1cc([N+](=O)[O-])ccc1OCc1ccc(Cl)c(Cl)c1. The van der Waals surface area contributed by atoms with E-state index in [0.717, 1.165) is 20.1 Å². The molecule has 0 saturated carbocycles. The zero-order valence-corrected chi connectivity index (χ0v) is 24.4. The molecule has 6 aromatic rings. The highest BCUT2D eigenvalue weighted by molar-refractivity contribution is 9.10. The Kier molecular flexibility index (Phi) is 7.51. The van der Waals surface area contributed by atoms with E-state index in [1.807, 2.05) is 12.1 Å². The van der Waals surface area contributed by atoms with Gasteiger partial charge in [-0.05, 0) is 60.2 Å². The second-order valence-corrected chi connectivity index (χ2v) is 10.9. The fourth-order valence-electron chi connectivity index (χ4n) is 4.31. The van der Waals surface area contributed by atoms with E-state index in [9.17, 15) is 14.9 Å². The van der Waals surface area contributed by atoms with E-state index in [2.05, 4.69) is 26.0 Å². The highest BCUT2D eigenvalue weighted by Gasteiger charge is 2.18. The third kappa shape index (κ3) is 5.52. The normalized spacial score (nSPS) is 11.5. The molecule has 0 unspecified atom stereocenters. The lowest BCUT2D eigenvalue weighted by molar-refractivity contribution is -0.384. The Balaban J connectivity index is 1.45. The van der Waals surface area contributed by atoms with Crippen molar-refractivity contribution in [3.63, 3.8) is 0 Å².